The first-order valence-electron chi connectivity index (χ1n) is 18.6. The molecule has 6 rings (SSSR count). The number of para-hydroxylation sites is 2. The van der Waals surface area contributed by atoms with Crippen molar-refractivity contribution in [1.82, 2.24) is 25.2 Å². The topological polar surface area (TPSA) is 160 Å². The normalized spacial score (nSPS) is 21.6. The fourth-order valence-electron chi connectivity index (χ4n) is 7.85. The Morgan fingerprint density at radius 2 is 1.73 bits per heavy atom. The van der Waals surface area contributed by atoms with Gasteiger partial charge in [0.1, 0.15) is 17.6 Å². The fourth-order valence-corrected chi connectivity index (χ4v) is 8.71. The lowest BCUT2D eigenvalue weighted by molar-refractivity contribution is -0.140. The minimum absolute atomic E-state index is 0.0684. The van der Waals surface area contributed by atoms with Gasteiger partial charge in [-0.3, -0.25) is 14.4 Å². The molecule has 3 aromatic rings. The molecular formula is C38H50ClN5O7S. The molecule has 1 saturated carbocycles. The third-order valence-electron chi connectivity index (χ3n) is 10.7. The first-order valence-corrected chi connectivity index (χ1v) is 20.8. The van der Waals surface area contributed by atoms with Crippen LogP contribution in [0.15, 0.2) is 52.9 Å². The maximum absolute atomic E-state index is 14.4. The molecule has 2 saturated heterocycles. The van der Waals surface area contributed by atoms with E-state index in [2.05, 4.69) is 20.3 Å². The van der Waals surface area contributed by atoms with Crippen LogP contribution in [0.25, 0.3) is 11.1 Å². The number of ether oxygens (including phenoxy) is 1. The Hall–Kier alpha value is -3.36. The molecule has 4 atom stereocenters. The quantitative estimate of drug-likeness (QED) is 0.182. The molecule has 0 bridgehead atoms. The number of amides is 2. The van der Waals surface area contributed by atoms with Gasteiger partial charge in [-0.15, -0.1) is 0 Å². The minimum Gasteiger partial charge on any atom is -0.434 e. The molecule has 2 aliphatic heterocycles. The Balaban J connectivity index is 1.24. The Morgan fingerprint density at radius 3 is 2.44 bits per heavy atom. The van der Waals surface area contributed by atoms with Gasteiger partial charge in [0.05, 0.1) is 25.0 Å². The number of hydrogen-bond acceptors (Lipinski definition) is 9. The molecule has 2 aromatic carbocycles. The van der Waals surface area contributed by atoms with Crippen LogP contribution in [0.1, 0.15) is 86.9 Å². The lowest BCUT2D eigenvalue weighted by Crippen LogP contribution is -2.55. The van der Waals surface area contributed by atoms with E-state index in [4.69, 9.17) is 20.8 Å². The molecule has 3 N–H and O–H groups in total. The van der Waals surface area contributed by atoms with Crippen LogP contribution in [0.3, 0.4) is 0 Å². The van der Waals surface area contributed by atoms with Crippen LogP contribution in [-0.4, -0.2) is 86.0 Å². The van der Waals surface area contributed by atoms with Gasteiger partial charge in [-0.2, -0.15) is 0 Å². The number of benzene rings is 2. The van der Waals surface area contributed by atoms with E-state index in [9.17, 15) is 22.8 Å². The van der Waals surface area contributed by atoms with E-state index in [1.54, 1.807) is 30.3 Å². The zero-order valence-electron chi connectivity index (χ0n) is 29.7. The van der Waals surface area contributed by atoms with Crippen molar-refractivity contribution in [3.05, 3.63) is 65.0 Å². The van der Waals surface area contributed by atoms with E-state index in [-0.39, 0.29) is 31.4 Å². The number of fused-ring (bicyclic) bond motifs is 1. The third kappa shape index (κ3) is 10.4. The van der Waals surface area contributed by atoms with E-state index >= 15 is 0 Å². The second kappa shape index (κ2) is 17.6. The van der Waals surface area contributed by atoms with Crippen molar-refractivity contribution in [3.63, 3.8) is 0 Å². The molecule has 3 fully saturated rings. The molecule has 3 aliphatic rings. The number of carbonyl (C=O) groups excluding carboxylic acids is 3. The van der Waals surface area contributed by atoms with Gasteiger partial charge in [0.15, 0.2) is 5.58 Å². The summed E-state index contributed by atoms with van der Waals surface area (Å²) in [5.41, 5.74) is 1.91. The molecule has 0 radical (unpaired) electrons. The highest BCUT2D eigenvalue weighted by Crippen LogP contribution is 2.30. The van der Waals surface area contributed by atoms with E-state index in [1.807, 2.05) is 18.2 Å². The highest BCUT2D eigenvalue weighted by atomic mass is 35.5. The summed E-state index contributed by atoms with van der Waals surface area (Å²) in [6.45, 7) is 2.09. The molecule has 1 aromatic heterocycles. The Kier molecular flexibility index (Phi) is 13.0. The SMILES string of the molecule is CS(=O)(=O)N[C@H](CCC1CCNCC1)C(=O)N1C[C@H](OCc2ccc(Cl)cc2)C[C@H]1C(=O)N[C@@H](CC1CCCCC1)C(=O)c1nc2ccccc2o1. The van der Waals surface area contributed by atoms with Crippen LogP contribution >= 0.6 is 11.6 Å². The van der Waals surface area contributed by atoms with E-state index < -0.39 is 51.9 Å². The van der Waals surface area contributed by atoms with E-state index in [1.165, 1.54) is 4.90 Å². The molecule has 52 heavy (non-hydrogen) atoms. The number of rotatable bonds is 15. The summed E-state index contributed by atoms with van der Waals surface area (Å²) in [7, 11) is -3.75. The highest BCUT2D eigenvalue weighted by molar-refractivity contribution is 7.88. The van der Waals surface area contributed by atoms with Crippen molar-refractivity contribution in [2.24, 2.45) is 11.8 Å². The molecule has 3 heterocycles. The molecule has 282 valence electrons. The summed E-state index contributed by atoms with van der Waals surface area (Å²) in [5, 5.41) is 6.94. The Morgan fingerprint density at radius 1 is 1.00 bits per heavy atom. The number of nitrogens with one attached hydrogen (secondary N) is 3. The Bertz CT molecular complexity index is 1760. The second-order valence-corrected chi connectivity index (χ2v) is 16.9. The molecule has 0 unspecified atom stereocenters. The molecule has 14 heteroatoms. The first kappa shape index (κ1) is 38.4. The van der Waals surface area contributed by atoms with Crippen molar-refractivity contribution in [2.45, 2.75) is 101 Å². The summed E-state index contributed by atoms with van der Waals surface area (Å²) in [5.74, 6) is -0.855. The lowest BCUT2D eigenvalue weighted by Gasteiger charge is -2.31. The average molecular weight is 756 g/mol. The number of halogens is 1. The number of oxazole rings is 1. The maximum Gasteiger partial charge on any atom is 0.266 e. The minimum atomic E-state index is -3.75. The number of ketones is 1. The summed E-state index contributed by atoms with van der Waals surface area (Å²) in [6, 6.07) is 11.4. The predicted octanol–water partition coefficient (Wildman–Crippen LogP) is 5.00. The lowest BCUT2D eigenvalue weighted by atomic mass is 9.84. The van der Waals surface area contributed by atoms with Crippen LogP contribution < -0.4 is 15.4 Å². The van der Waals surface area contributed by atoms with Crippen molar-refractivity contribution >= 4 is 50.3 Å². The van der Waals surface area contributed by atoms with Crippen LogP contribution in [0.2, 0.25) is 5.02 Å². The highest BCUT2D eigenvalue weighted by Gasteiger charge is 2.44. The number of carbonyl (C=O) groups is 3. The predicted molar refractivity (Wildman–Crippen MR) is 198 cm³/mol. The molecule has 0 spiro atoms. The van der Waals surface area contributed by atoms with Crippen LogP contribution in [-0.2, 0) is 31.0 Å². The molecular weight excluding hydrogens is 706 g/mol. The van der Waals surface area contributed by atoms with Gasteiger partial charge >= 0.3 is 0 Å². The molecule has 1 aliphatic carbocycles. The number of hydrogen-bond donors (Lipinski definition) is 3. The zero-order chi connectivity index (χ0) is 36.7. The number of piperidine rings is 1. The van der Waals surface area contributed by atoms with E-state index in [0.29, 0.717) is 41.3 Å². The number of likely N-dealkylation sites (tertiary alicyclic amines) is 1. The summed E-state index contributed by atoms with van der Waals surface area (Å²) in [4.78, 5) is 48.6. The second-order valence-electron chi connectivity index (χ2n) is 14.7. The van der Waals surface area contributed by atoms with Crippen molar-refractivity contribution in [1.29, 1.82) is 0 Å². The largest absolute Gasteiger partial charge is 0.434 e. The third-order valence-corrected chi connectivity index (χ3v) is 11.6. The van der Waals surface area contributed by atoms with Crippen LogP contribution in [0.5, 0.6) is 0 Å². The smallest absolute Gasteiger partial charge is 0.266 e. The average Bonchev–Trinajstić information content (AvgIpc) is 3.78. The maximum atomic E-state index is 14.4. The fraction of sp³-hybridized carbons (Fsp3) is 0.579. The summed E-state index contributed by atoms with van der Waals surface area (Å²) in [6.07, 6.45) is 9.19. The summed E-state index contributed by atoms with van der Waals surface area (Å²) >= 11 is 6.07. The zero-order valence-corrected chi connectivity index (χ0v) is 31.3. The van der Waals surface area contributed by atoms with E-state index in [0.717, 1.165) is 69.9 Å². The Labute approximate surface area is 310 Å². The van der Waals surface area contributed by atoms with Gasteiger partial charge < -0.3 is 24.7 Å². The number of nitrogens with zero attached hydrogens (tertiary/aromatic N) is 2. The van der Waals surface area contributed by atoms with Gasteiger partial charge in [0.25, 0.3) is 5.89 Å². The van der Waals surface area contributed by atoms with Gasteiger partial charge in [0.2, 0.25) is 27.6 Å². The standard InChI is InChI=1S/C38H50ClN5O7S/c1-52(48,49)43-31(16-13-25-17-19-40-20-18-25)38(47)44-23-29(50-24-27-11-14-28(39)15-12-27)22-33(44)36(46)41-32(21-26-7-3-2-4-8-26)35(45)37-42-30-9-5-6-10-34(30)51-37/h5-6,9-12,14-15,25-26,29,31-33,40,43H,2-4,7-8,13,16-24H2,1H3,(H,41,46)/t29-,31-,32+,33+/m1/s1. The molecule has 2 amide bonds. The van der Waals surface area contributed by atoms with Crippen molar-refractivity contribution in [3.8, 4) is 0 Å². The number of sulfonamides is 1. The van der Waals surface area contributed by atoms with Gasteiger partial charge in [-0.25, -0.2) is 18.1 Å². The number of aromatic nitrogens is 1. The van der Waals surface area contributed by atoms with Crippen LogP contribution in [0, 0.1) is 11.8 Å². The van der Waals surface area contributed by atoms with Gasteiger partial charge in [0, 0.05) is 18.0 Å². The summed E-state index contributed by atoms with van der Waals surface area (Å²) < 4.78 is 39.7. The van der Waals surface area contributed by atoms with Crippen molar-refractivity contribution < 1.29 is 32.0 Å². The molecule has 12 nitrogen and oxygen atoms in total. The number of Topliss-reactive ketones (excluding diaryl/α,β-unsaturated/α-hetero) is 1. The van der Waals surface area contributed by atoms with Gasteiger partial charge in [-0.1, -0.05) is 68.0 Å². The van der Waals surface area contributed by atoms with Crippen molar-refractivity contribution in [2.75, 3.05) is 25.9 Å². The van der Waals surface area contributed by atoms with Crippen LogP contribution in [0.4, 0.5) is 0 Å². The van der Waals surface area contributed by atoms with Gasteiger partial charge in [-0.05, 0) is 86.9 Å². The first-order chi connectivity index (χ1) is 25.0. The monoisotopic (exact) mass is 755 g/mol.